The maximum atomic E-state index is 12.3. The molecule has 0 unspecified atom stereocenters. The molecular weight excluding hydrogens is 405 g/mol. The molecule has 2 amide bonds. The first kappa shape index (κ1) is 19.6. The highest BCUT2D eigenvalue weighted by Crippen LogP contribution is 2.29. The van der Waals surface area contributed by atoms with Crippen LogP contribution in [0.3, 0.4) is 0 Å². The summed E-state index contributed by atoms with van der Waals surface area (Å²) in [6.45, 7) is 1.00. The van der Waals surface area contributed by atoms with Crippen molar-refractivity contribution < 1.29 is 9.59 Å². The number of nitrogens with two attached hydrogens (primary N) is 1. The quantitative estimate of drug-likeness (QED) is 0.566. The maximum Gasteiger partial charge on any atom is 0.252 e. The third-order valence-corrected chi connectivity index (χ3v) is 5.55. The molecule has 0 saturated heterocycles. The van der Waals surface area contributed by atoms with Crippen LogP contribution < -0.4 is 11.1 Å². The van der Waals surface area contributed by atoms with E-state index >= 15 is 0 Å². The lowest BCUT2D eigenvalue weighted by atomic mass is 10.2. The van der Waals surface area contributed by atoms with Gasteiger partial charge in [-0.1, -0.05) is 41.4 Å². The summed E-state index contributed by atoms with van der Waals surface area (Å²) in [5.41, 5.74) is 6.66. The van der Waals surface area contributed by atoms with Crippen LogP contribution in [0.5, 0.6) is 0 Å². The highest BCUT2D eigenvalue weighted by molar-refractivity contribution is 8.00. The number of amides is 2. The van der Waals surface area contributed by atoms with Gasteiger partial charge in [-0.2, -0.15) is 0 Å². The number of nitrogens with zero attached hydrogens (tertiary/aromatic N) is 1. The van der Waals surface area contributed by atoms with E-state index in [-0.39, 0.29) is 17.6 Å². The summed E-state index contributed by atoms with van der Waals surface area (Å²) in [5.74, 6) is -0.389. The van der Waals surface area contributed by atoms with Crippen molar-refractivity contribution in [3.8, 4) is 0 Å². The van der Waals surface area contributed by atoms with Crippen LogP contribution in [0.2, 0.25) is 10.0 Å². The third kappa shape index (κ3) is 4.77. The lowest BCUT2D eigenvalue weighted by Gasteiger charge is -2.09. The van der Waals surface area contributed by atoms with Crippen molar-refractivity contribution in [2.45, 2.75) is 11.4 Å². The summed E-state index contributed by atoms with van der Waals surface area (Å²) in [5, 5.41) is 4.71. The topological polar surface area (TPSA) is 77.1 Å². The van der Waals surface area contributed by atoms with Crippen LogP contribution in [0, 0.1) is 0 Å². The number of benzene rings is 2. The molecule has 0 spiro atoms. The molecule has 27 heavy (non-hydrogen) atoms. The fourth-order valence-corrected chi connectivity index (χ4v) is 4.04. The van der Waals surface area contributed by atoms with Crippen LogP contribution in [-0.4, -0.2) is 28.7 Å². The zero-order chi connectivity index (χ0) is 19.4. The molecule has 0 radical (unpaired) electrons. The third-order valence-electron chi connectivity index (χ3n) is 3.94. The van der Waals surface area contributed by atoms with Gasteiger partial charge in [0.2, 0.25) is 5.91 Å². The van der Waals surface area contributed by atoms with Crippen LogP contribution in [0.25, 0.3) is 10.9 Å². The van der Waals surface area contributed by atoms with E-state index in [0.29, 0.717) is 28.7 Å². The molecule has 0 bridgehead atoms. The first-order chi connectivity index (χ1) is 13.0. The molecule has 3 aromatic rings. The SMILES string of the molecule is NC(=O)CSc1cn(CCNC(=O)c2ccc(Cl)cc2Cl)c2ccccc12. The molecule has 3 rings (SSSR count). The van der Waals surface area contributed by atoms with Crippen LogP contribution in [0.4, 0.5) is 0 Å². The Balaban J connectivity index is 1.69. The molecule has 2 aromatic carbocycles. The van der Waals surface area contributed by atoms with Crippen LogP contribution in [-0.2, 0) is 11.3 Å². The molecule has 1 heterocycles. The molecule has 0 aliphatic carbocycles. The minimum atomic E-state index is -0.357. The van der Waals surface area contributed by atoms with E-state index in [4.69, 9.17) is 28.9 Å². The summed E-state index contributed by atoms with van der Waals surface area (Å²) in [6, 6.07) is 12.7. The van der Waals surface area contributed by atoms with Crippen LogP contribution in [0.1, 0.15) is 10.4 Å². The second-order valence-electron chi connectivity index (χ2n) is 5.84. The van der Waals surface area contributed by atoms with Gasteiger partial charge < -0.3 is 15.6 Å². The number of thioether (sulfide) groups is 1. The average molecular weight is 422 g/mol. The van der Waals surface area contributed by atoms with E-state index in [1.54, 1.807) is 18.2 Å². The number of halogens is 2. The molecule has 0 aliphatic rings. The van der Waals surface area contributed by atoms with Crippen molar-refractivity contribution in [3.05, 3.63) is 64.3 Å². The fraction of sp³-hybridized carbons (Fsp3) is 0.158. The Bertz CT molecular complexity index is 1000. The molecule has 0 saturated carbocycles. The van der Waals surface area contributed by atoms with Crippen LogP contribution >= 0.6 is 35.0 Å². The number of fused-ring (bicyclic) bond motifs is 1. The zero-order valence-electron chi connectivity index (χ0n) is 14.2. The van der Waals surface area contributed by atoms with E-state index in [0.717, 1.165) is 15.8 Å². The van der Waals surface area contributed by atoms with Gasteiger partial charge in [-0.25, -0.2) is 0 Å². The Morgan fingerprint density at radius 1 is 1.15 bits per heavy atom. The molecule has 8 heteroatoms. The highest BCUT2D eigenvalue weighted by atomic mass is 35.5. The minimum Gasteiger partial charge on any atom is -0.369 e. The van der Waals surface area contributed by atoms with Crippen molar-refractivity contribution in [2.75, 3.05) is 12.3 Å². The number of rotatable bonds is 7. The maximum absolute atomic E-state index is 12.3. The van der Waals surface area contributed by atoms with Gasteiger partial charge >= 0.3 is 0 Å². The van der Waals surface area contributed by atoms with Crippen molar-refractivity contribution in [1.29, 1.82) is 0 Å². The number of nitrogens with one attached hydrogen (secondary N) is 1. The van der Waals surface area contributed by atoms with Gasteiger partial charge in [0.15, 0.2) is 0 Å². The lowest BCUT2D eigenvalue weighted by Crippen LogP contribution is -2.27. The van der Waals surface area contributed by atoms with Crippen molar-refractivity contribution in [1.82, 2.24) is 9.88 Å². The van der Waals surface area contributed by atoms with Gasteiger partial charge in [0.05, 0.1) is 16.3 Å². The van der Waals surface area contributed by atoms with Gasteiger partial charge in [0, 0.05) is 40.1 Å². The standard InChI is InChI=1S/C19H17Cl2N3O2S/c20-12-5-6-13(15(21)9-12)19(26)23-7-8-24-10-17(27-11-18(22)25)14-3-1-2-4-16(14)24/h1-6,9-10H,7-8,11H2,(H2,22,25)(H,23,26). The zero-order valence-corrected chi connectivity index (χ0v) is 16.6. The summed E-state index contributed by atoms with van der Waals surface area (Å²) in [7, 11) is 0. The predicted octanol–water partition coefficient (Wildman–Crippen LogP) is 3.96. The first-order valence-corrected chi connectivity index (χ1v) is 9.92. The fourth-order valence-electron chi connectivity index (χ4n) is 2.72. The van der Waals surface area contributed by atoms with Crippen molar-refractivity contribution >= 4 is 57.7 Å². The monoisotopic (exact) mass is 421 g/mol. The van der Waals surface area contributed by atoms with E-state index in [2.05, 4.69) is 5.32 Å². The summed E-state index contributed by atoms with van der Waals surface area (Å²) in [4.78, 5) is 24.4. The molecule has 0 aliphatic heterocycles. The first-order valence-electron chi connectivity index (χ1n) is 8.18. The molecular formula is C19H17Cl2N3O2S. The van der Waals surface area contributed by atoms with Crippen molar-refractivity contribution in [2.24, 2.45) is 5.73 Å². The Morgan fingerprint density at radius 2 is 1.93 bits per heavy atom. The van der Waals surface area contributed by atoms with Crippen LogP contribution in [0.15, 0.2) is 53.6 Å². The summed E-state index contributed by atoms with van der Waals surface area (Å²) < 4.78 is 2.04. The number of carbonyl (C=O) groups excluding carboxylic acids is 2. The summed E-state index contributed by atoms with van der Waals surface area (Å²) in [6.07, 6.45) is 1.97. The van der Waals surface area contributed by atoms with Gasteiger partial charge in [-0.05, 0) is 24.3 Å². The van der Waals surface area contributed by atoms with Gasteiger partial charge in [-0.15, -0.1) is 11.8 Å². The smallest absolute Gasteiger partial charge is 0.252 e. The molecule has 0 fully saturated rings. The Morgan fingerprint density at radius 3 is 2.67 bits per heavy atom. The number of hydrogen-bond acceptors (Lipinski definition) is 3. The Labute approximate surface area is 170 Å². The second-order valence-corrected chi connectivity index (χ2v) is 7.70. The Hall–Kier alpha value is -2.15. The van der Waals surface area contributed by atoms with Gasteiger partial charge in [0.1, 0.15) is 0 Å². The Kier molecular flexibility index (Phi) is 6.31. The molecule has 3 N–H and O–H groups in total. The lowest BCUT2D eigenvalue weighted by molar-refractivity contribution is -0.115. The molecule has 1 aromatic heterocycles. The predicted molar refractivity (Wildman–Crippen MR) is 111 cm³/mol. The highest BCUT2D eigenvalue weighted by Gasteiger charge is 2.12. The van der Waals surface area contributed by atoms with E-state index in [9.17, 15) is 9.59 Å². The van der Waals surface area contributed by atoms with Gasteiger partial charge in [-0.3, -0.25) is 9.59 Å². The second kappa shape index (κ2) is 8.69. The number of hydrogen-bond donors (Lipinski definition) is 2. The van der Waals surface area contributed by atoms with E-state index in [1.165, 1.54) is 11.8 Å². The number of aromatic nitrogens is 1. The number of para-hydroxylation sites is 1. The molecule has 5 nitrogen and oxygen atoms in total. The van der Waals surface area contributed by atoms with E-state index < -0.39 is 0 Å². The average Bonchev–Trinajstić information content (AvgIpc) is 2.98. The summed E-state index contributed by atoms with van der Waals surface area (Å²) >= 11 is 13.3. The normalized spacial score (nSPS) is 10.9. The largest absolute Gasteiger partial charge is 0.369 e. The number of primary amides is 1. The molecule has 140 valence electrons. The number of carbonyl (C=O) groups is 2. The van der Waals surface area contributed by atoms with E-state index in [1.807, 2.05) is 35.0 Å². The molecule has 0 atom stereocenters. The minimum absolute atomic E-state index is 0.222. The van der Waals surface area contributed by atoms with Gasteiger partial charge in [0.25, 0.3) is 5.91 Å². The van der Waals surface area contributed by atoms with Crippen molar-refractivity contribution in [3.63, 3.8) is 0 Å².